The van der Waals surface area contributed by atoms with Gasteiger partial charge in [-0.3, -0.25) is 4.90 Å². The molecule has 7 nitrogen and oxygen atoms in total. The summed E-state index contributed by atoms with van der Waals surface area (Å²) in [6.07, 6.45) is 1.24. The van der Waals surface area contributed by atoms with Crippen LogP contribution in [0.25, 0.3) is 0 Å². The number of hydrogen-bond donors (Lipinski definition) is 1. The SMILES string of the molecule is COc1cccc([C@H](C)Nc2nccc(N3C(=O)OC(C)(C)[C@@H]3C)n2)c1. The van der Waals surface area contributed by atoms with Crippen molar-refractivity contribution in [2.24, 2.45) is 0 Å². The zero-order valence-electron chi connectivity index (χ0n) is 15.7. The van der Waals surface area contributed by atoms with Crippen molar-refractivity contribution in [3.05, 3.63) is 42.1 Å². The molecular formula is C19H24N4O3. The van der Waals surface area contributed by atoms with Gasteiger partial charge in [-0.1, -0.05) is 12.1 Å². The van der Waals surface area contributed by atoms with E-state index < -0.39 is 11.7 Å². The standard InChI is InChI=1S/C19H24N4O3/c1-12(14-7-6-8-15(11-14)25-5)21-17-20-10-9-16(22-17)23-13(2)19(3,4)26-18(23)24/h6-13H,1-5H3,(H,20,21,22)/t12-,13-/m0/s1. The molecular weight excluding hydrogens is 332 g/mol. The topological polar surface area (TPSA) is 76.6 Å². The number of hydrogen-bond acceptors (Lipinski definition) is 6. The van der Waals surface area contributed by atoms with Gasteiger partial charge in [-0.2, -0.15) is 4.98 Å². The molecule has 0 saturated carbocycles. The third kappa shape index (κ3) is 3.42. The van der Waals surface area contributed by atoms with Gasteiger partial charge in [0.25, 0.3) is 0 Å². The summed E-state index contributed by atoms with van der Waals surface area (Å²) in [4.78, 5) is 22.6. The van der Waals surface area contributed by atoms with Gasteiger partial charge in [0.05, 0.1) is 19.2 Å². The second-order valence-corrected chi connectivity index (χ2v) is 6.90. The molecule has 3 rings (SSSR count). The van der Waals surface area contributed by atoms with Gasteiger partial charge in [-0.15, -0.1) is 0 Å². The molecule has 0 radical (unpaired) electrons. The Hall–Kier alpha value is -2.83. The third-order valence-electron chi connectivity index (χ3n) is 4.77. The number of nitrogens with one attached hydrogen (secondary N) is 1. The number of carbonyl (C=O) groups excluding carboxylic acids is 1. The predicted molar refractivity (Wildman–Crippen MR) is 99.6 cm³/mol. The molecule has 1 aliphatic rings. The van der Waals surface area contributed by atoms with Gasteiger partial charge < -0.3 is 14.8 Å². The van der Waals surface area contributed by atoms with Gasteiger partial charge in [-0.25, -0.2) is 9.78 Å². The number of carbonyl (C=O) groups is 1. The van der Waals surface area contributed by atoms with Crippen LogP contribution in [0.3, 0.4) is 0 Å². The van der Waals surface area contributed by atoms with E-state index in [1.165, 1.54) is 0 Å². The van der Waals surface area contributed by atoms with Crippen molar-refractivity contribution in [1.29, 1.82) is 0 Å². The number of anilines is 2. The monoisotopic (exact) mass is 356 g/mol. The van der Waals surface area contributed by atoms with Crippen LogP contribution in [-0.2, 0) is 4.74 Å². The Morgan fingerprint density at radius 1 is 1.35 bits per heavy atom. The van der Waals surface area contributed by atoms with Crippen LogP contribution in [0.4, 0.5) is 16.6 Å². The van der Waals surface area contributed by atoms with E-state index in [2.05, 4.69) is 15.3 Å². The van der Waals surface area contributed by atoms with E-state index in [1.54, 1.807) is 24.3 Å². The van der Waals surface area contributed by atoms with Gasteiger partial charge >= 0.3 is 6.09 Å². The Bertz CT molecular complexity index is 809. The first-order chi connectivity index (χ1) is 12.3. The molecule has 2 heterocycles. The number of rotatable bonds is 5. The van der Waals surface area contributed by atoms with Gasteiger partial charge in [0.15, 0.2) is 0 Å². The van der Waals surface area contributed by atoms with E-state index in [0.29, 0.717) is 11.8 Å². The van der Waals surface area contributed by atoms with Crippen LogP contribution in [0.2, 0.25) is 0 Å². The lowest BCUT2D eigenvalue weighted by Gasteiger charge is -2.24. The highest BCUT2D eigenvalue weighted by Gasteiger charge is 2.46. The fourth-order valence-corrected chi connectivity index (χ4v) is 2.86. The molecule has 0 unspecified atom stereocenters. The normalized spacial score (nSPS) is 19.8. The molecule has 0 spiro atoms. The Labute approximate surface area is 153 Å². The van der Waals surface area contributed by atoms with E-state index >= 15 is 0 Å². The van der Waals surface area contributed by atoms with Gasteiger partial charge in [0, 0.05) is 6.20 Å². The highest BCUT2D eigenvalue weighted by Crippen LogP contribution is 2.32. The summed E-state index contributed by atoms with van der Waals surface area (Å²) in [6, 6.07) is 9.35. The highest BCUT2D eigenvalue weighted by molar-refractivity contribution is 5.90. The second-order valence-electron chi connectivity index (χ2n) is 6.90. The fraction of sp³-hybridized carbons (Fsp3) is 0.421. The molecule has 1 aromatic heterocycles. The molecule has 2 aromatic rings. The first kappa shape index (κ1) is 18.0. The van der Waals surface area contributed by atoms with Crippen LogP contribution >= 0.6 is 0 Å². The maximum absolute atomic E-state index is 12.2. The lowest BCUT2D eigenvalue weighted by molar-refractivity contribution is 0.0718. The van der Waals surface area contributed by atoms with Crippen LogP contribution in [-0.4, -0.2) is 34.8 Å². The van der Waals surface area contributed by atoms with E-state index in [1.807, 2.05) is 52.0 Å². The number of cyclic esters (lactones) is 1. The molecule has 2 atom stereocenters. The molecule has 1 aliphatic heterocycles. The Balaban J connectivity index is 1.80. The number of aromatic nitrogens is 2. The van der Waals surface area contributed by atoms with Crippen LogP contribution in [0, 0.1) is 0 Å². The molecule has 1 N–H and O–H groups in total. The summed E-state index contributed by atoms with van der Waals surface area (Å²) >= 11 is 0. The second kappa shape index (κ2) is 6.82. The maximum Gasteiger partial charge on any atom is 0.416 e. The maximum atomic E-state index is 12.2. The third-order valence-corrected chi connectivity index (χ3v) is 4.77. The molecule has 1 amide bonds. The van der Waals surface area contributed by atoms with Crippen molar-refractivity contribution in [1.82, 2.24) is 9.97 Å². The first-order valence-corrected chi connectivity index (χ1v) is 8.57. The van der Waals surface area contributed by atoms with Crippen LogP contribution in [0.15, 0.2) is 36.5 Å². The Kier molecular flexibility index (Phi) is 4.71. The van der Waals surface area contributed by atoms with E-state index in [4.69, 9.17) is 9.47 Å². The summed E-state index contributed by atoms with van der Waals surface area (Å²) < 4.78 is 10.7. The zero-order valence-corrected chi connectivity index (χ0v) is 15.7. The molecule has 1 saturated heterocycles. The fourth-order valence-electron chi connectivity index (χ4n) is 2.86. The Morgan fingerprint density at radius 3 is 2.77 bits per heavy atom. The molecule has 26 heavy (non-hydrogen) atoms. The Morgan fingerprint density at radius 2 is 2.12 bits per heavy atom. The molecule has 7 heteroatoms. The average molecular weight is 356 g/mol. The van der Waals surface area contributed by atoms with Crippen molar-refractivity contribution < 1.29 is 14.3 Å². The van der Waals surface area contributed by atoms with E-state index in [0.717, 1.165) is 11.3 Å². The molecule has 0 aliphatic carbocycles. The summed E-state index contributed by atoms with van der Waals surface area (Å²) in [7, 11) is 1.64. The number of amides is 1. The van der Waals surface area contributed by atoms with Crippen molar-refractivity contribution >= 4 is 17.9 Å². The number of nitrogens with zero attached hydrogens (tertiary/aromatic N) is 3. The number of ether oxygens (including phenoxy) is 2. The van der Waals surface area contributed by atoms with Crippen molar-refractivity contribution in [2.75, 3.05) is 17.3 Å². The van der Waals surface area contributed by atoms with Crippen molar-refractivity contribution in [3.63, 3.8) is 0 Å². The molecule has 0 bridgehead atoms. The molecule has 1 aromatic carbocycles. The number of benzene rings is 1. The van der Waals surface area contributed by atoms with Crippen LogP contribution in [0.5, 0.6) is 5.75 Å². The van der Waals surface area contributed by atoms with Crippen LogP contribution in [0.1, 0.15) is 39.3 Å². The van der Waals surface area contributed by atoms with Gasteiger partial charge in [0.2, 0.25) is 5.95 Å². The summed E-state index contributed by atoms with van der Waals surface area (Å²) in [6.45, 7) is 7.74. The van der Waals surface area contributed by atoms with Crippen molar-refractivity contribution in [3.8, 4) is 5.75 Å². The average Bonchev–Trinajstić information content (AvgIpc) is 2.82. The van der Waals surface area contributed by atoms with E-state index in [9.17, 15) is 4.79 Å². The van der Waals surface area contributed by atoms with Gasteiger partial charge in [-0.05, 0) is 51.5 Å². The smallest absolute Gasteiger partial charge is 0.416 e. The summed E-state index contributed by atoms with van der Waals surface area (Å²) in [5, 5.41) is 3.27. The highest BCUT2D eigenvalue weighted by atomic mass is 16.6. The lowest BCUT2D eigenvalue weighted by Crippen LogP contribution is -2.39. The minimum absolute atomic E-state index is 0.0280. The van der Waals surface area contributed by atoms with Crippen molar-refractivity contribution in [2.45, 2.75) is 45.4 Å². The van der Waals surface area contributed by atoms with Gasteiger partial charge in [0.1, 0.15) is 17.2 Å². The summed E-state index contributed by atoms with van der Waals surface area (Å²) in [5.41, 5.74) is 0.484. The predicted octanol–water partition coefficient (Wildman–Crippen LogP) is 3.78. The molecule has 1 fully saturated rings. The quantitative estimate of drug-likeness (QED) is 0.878. The van der Waals surface area contributed by atoms with E-state index in [-0.39, 0.29) is 12.1 Å². The lowest BCUT2D eigenvalue weighted by atomic mass is 10.0. The number of methoxy groups -OCH3 is 1. The minimum Gasteiger partial charge on any atom is -0.497 e. The van der Waals surface area contributed by atoms with Crippen LogP contribution < -0.4 is 15.0 Å². The zero-order chi connectivity index (χ0) is 18.9. The molecule has 138 valence electrons. The first-order valence-electron chi connectivity index (χ1n) is 8.57. The largest absolute Gasteiger partial charge is 0.497 e. The minimum atomic E-state index is -0.566. The summed E-state index contributed by atoms with van der Waals surface area (Å²) in [5.74, 6) is 1.76.